The maximum Gasteiger partial charge on any atom is 0.305 e. The van der Waals surface area contributed by atoms with Crippen LogP contribution in [0.4, 0.5) is 0 Å². The molecular formula is C17H19N3O4. The quantitative estimate of drug-likeness (QED) is 0.636. The largest absolute Gasteiger partial charge is 0.469 e. The van der Waals surface area contributed by atoms with E-state index in [9.17, 15) is 14.4 Å². The number of nitrogens with one attached hydrogen (secondary N) is 1. The minimum atomic E-state index is -0.561. The molecule has 1 heterocycles. The predicted molar refractivity (Wildman–Crippen MR) is 88.2 cm³/mol. The molecule has 0 spiro atoms. The zero-order valence-corrected chi connectivity index (χ0v) is 13.6. The maximum absolute atomic E-state index is 12.2. The number of aryl methyl sites for hydroxylation is 1. The summed E-state index contributed by atoms with van der Waals surface area (Å²) in [6.45, 7) is 2.01. The Bertz CT molecular complexity index is 784. The molecule has 126 valence electrons. The highest BCUT2D eigenvalue weighted by atomic mass is 16.5. The average molecular weight is 329 g/mol. The molecule has 1 amide bonds. The number of aromatic nitrogens is 2. The third-order valence-corrected chi connectivity index (χ3v) is 3.39. The van der Waals surface area contributed by atoms with Crippen LogP contribution in [0.25, 0.3) is 5.69 Å². The normalized spacial score (nSPS) is 10.2. The highest BCUT2D eigenvalue weighted by molar-refractivity contribution is 5.92. The van der Waals surface area contributed by atoms with Gasteiger partial charge in [0.25, 0.3) is 5.91 Å². The summed E-state index contributed by atoms with van der Waals surface area (Å²) in [5, 5.41) is 6.77. The van der Waals surface area contributed by atoms with E-state index < -0.39 is 11.3 Å². The van der Waals surface area contributed by atoms with Crippen LogP contribution in [0.5, 0.6) is 0 Å². The third-order valence-electron chi connectivity index (χ3n) is 3.39. The Hall–Kier alpha value is -2.96. The molecule has 2 rings (SSSR count). The van der Waals surface area contributed by atoms with E-state index in [4.69, 9.17) is 0 Å². The number of nitrogens with zero attached hydrogens (tertiary/aromatic N) is 2. The summed E-state index contributed by atoms with van der Waals surface area (Å²) < 4.78 is 6.07. The van der Waals surface area contributed by atoms with Gasteiger partial charge in [0.2, 0.25) is 5.43 Å². The van der Waals surface area contributed by atoms with E-state index in [1.165, 1.54) is 13.2 Å². The maximum atomic E-state index is 12.2. The Morgan fingerprint density at radius 2 is 1.96 bits per heavy atom. The second-order valence-corrected chi connectivity index (χ2v) is 5.18. The topological polar surface area (TPSA) is 90.3 Å². The smallest absolute Gasteiger partial charge is 0.305 e. The molecule has 0 radical (unpaired) electrons. The van der Waals surface area contributed by atoms with Gasteiger partial charge in [-0.3, -0.25) is 14.4 Å². The van der Waals surface area contributed by atoms with Gasteiger partial charge in [0.15, 0.2) is 5.69 Å². The summed E-state index contributed by atoms with van der Waals surface area (Å²) in [7, 11) is 1.31. The third kappa shape index (κ3) is 4.28. The van der Waals surface area contributed by atoms with E-state index in [0.717, 1.165) is 5.69 Å². The fourth-order valence-corrected chi connectivity index (χ4v) is 2.16. The Balaban J connectivity index is 2.14. The molecule has 0 saturated heterocycles. The summed E-state index contributed by atoms with van der Waals surface area (Å²) in [5.41, 5.74) is 0.774. The van der Waals surface area contributed by atoms with Crippen LogP contribution < -0.4 is 10.7 Å². The molecule has 0 aliphatic rings. The number of amides is 1. The molecule has 24 heavy (non-hydrogen) atoms. The Morgan fingerprint density at radius 1 is 1.25 bits per heavy atom. The minimum Gasteiger partial charge on any atom is -0.469 e. The van der Waals surface area contributed by atoms with Crippen molar-refractivity contribution in [3.05, 3.63) is 58.0 Å². The summed E-state index contributed by atoms with van der Waals surface area (Å²) in [6.07, 6.45) is 0.628. The summed E-state index contributed by atoms with van der Waals surface area (Å²) in [5.74, 6) is -0.904. The van der Waals surface area contributed by atoms with Gasteiger partial charge < -0.3 is 10.1 Å². The zero-order chi connectivity index (χ0) is 17.5. The van der Waals surface area contributed by atoms with Crippen LogP contribution >= 0.6 is 0 Å². The molecule has 2 aromatic rings. The van der Waals surface area contributed by atoms with Crippen molar-refractivity contribution in [2.24, 2.45) is 0 Å². The molecule has 0 bridgehead atoms. The van der Waals surface area contributed by atoms with Gasteiger partial charge in [0, 0.05) is 24.7 Å². The number of ether oxygens (including phenoxy) is 1. The van der Waals surface area contributed by atoms with Gasteiger partial charge >= 0.3 is 5.97 Å². The SMILES string of the molecule is COC(=O)CCCNC(=O)c1nn(-c2ccccc2)c(C)cc1=O. The van der Waals surface area contributed by atoms with E-state index in [1.54, 1.807) is 11.6 Å². The van der Waals surface area contributed by atoms with E-state index in [0.29, 0.717) is 12.1 Å². The second kappa shape index (κ2) is 8.05. The molecule has 1 N–H and O–H groups in total. The lowest BCUT2D eigenvalue weighted by Gasteiger charge is -2.11. The molecule has 1 aromatic heterocycles. The van der Waals surface area contributed by atoms with Gasteiger partial charge in [0.1, 0.15) is 0 Å². The number of benzene rings is 1. The van der Waals surface area contributed by atoms with Crippen molar-refractivity contribution in [2.45, 2.75) is 19.8 Å². The number of esters is 1. The number of carbonyl (C=O) groups is 2. The van der Waals surface area contributed by atoms with Crippen LogP contribution in [0.3, 0.4) is 0 Å². The number of rotatable bonds is 6. The van der Waals surface area contributed by atoms with Crippen molar-refractivity contribution in [3.63, 3.8) is 0 Å². The van der Waals surface area contributed by atoms with E-state index in [-0.39, 0.29) is 24.6 Å². The minimum absolute atomic E-state index is 0.178. The summed E-state index contributed by atoms with van der Waals surface area (Å²) >= 11 is 0. The van der Waals surface area contributed by atoms with E-state index in [1.807, 2.05) is 30.3 Å². The Kier molecular flexibility index (Phi) is 5.83. The van der Waals surface area contributed by atoms with Gasteiger partial charge in [-0.25, -0.2) is 4.68 Å². The van der Waals surface area contributed by atoms with Gasteiger partial charge in [-0.1, -0.05) is 18.2 Å². The van der Waals surface area contributed by atoms with Crippen LogP contribution in [0.15, 0.2) is 41.2 Å². The lowest BCUT2D eigenvalue weighted by Crippen LogP contribution is -2.32. The van der Waals surface area contributed by atoms with Crippen molar-refractivity contribution in [2.75, 3.05) is 13.7 Å². The molecule has 0 aliphatic heterocycles. The van der Waals surface area contributed by atoms with Gasteiger partial charge in [-0.2, -0.15) is 5.10 Å². The molecule has 0 saturated carbocycles. The average Bonchev–Trinajstić information content (AvgIpc) is 2.59. The monoisotopic (exact) mass is 329 g/mol. The Morgan fingerprint density at radius 3 is 2.62 bits per heavy atom. The molecule has 0 unspecified atom stereocenters. The van der Waals surface area contributed by atoms with Crippen LogP contribution in [0.1, 0.15) is 29.0 Å². The number of methoxy groups -OCH3 is 1. The predicted octanol–water partition coefficient (Wildman–Crippen LogP) is 1.22. The standard InChI is InChI=1S/C17H19N3O4/c1-12-11-14(21)16(17(23)18-10-6-9-15(22)24-2)19-20(12)13-7-4-3-5-8-13/h3-5,7-8,11H,6,9-10H2,1-2H3,(H,18,23). The number of hydrogen-bond acceptors (Lipinski definition) is 5. The lowest BCUT2D eigenvalue weighted by atomic mass is 10.2. The molecular weight excluding hydrogens is 310 g/mol. The van der Waals surface area contributed by atoms with Crippen molar-refractivity contribution in [3.8, 4) is 5.69 Å². The summed E-state index contributed by atoms with van der Waals surface area (Å²) in [6, 6.07) is 10.6. The van der Waals surface area contributed by atoms with E-state index in [2.05, 4.69) is 15.2 Å². The fourth-order valence-electron chi connectivity index (χ4n) is 2.16. The fraction of sp³-hybridized carbons (Fsp3) is 0.294. The number of para-hydroxylation sites is 1. The molecule has 7 heteroatoms. The van der Waals surface area contributed by atoms with Crippen LogP contribution in [0, 0.1) is 6.92 Å². The molecule has 0 aliphatic carbocycles. The van der Waals surface area contributed by atoms with Gasteiger partial charge in [0.05, 0.1) is 12.8 Å². The van der Waals surface area contributed by atoms with Crippen molar-refractivity contribution in [1.82, 2.24) is 15.1 Å². The van der Waals surface area contributed by atoms with Crippen LogP contribution in [-0.4, -0.2) is 35.3 Å². The van der Waals surface area contributed by atoms with Crippen molar-refractivity contribution >= 4 is 11.9 Å². The highest BCUT2D eigenvalue weighted by Gasteiger charge is 2.15. The van der Waals surface area contributed by atoms with Crippen LogP contribution in [0.2, 0.25) is 0 Å². The highest BCUT2D eigenvalue weighted by Crippen LogP contribution is 2.07. The number of hydrogen-bond donors (Lipinski definition) is 1. The zero-order valence-electron chi connectivity index (χ0n) is 13.6. The molecule has 7 nitrogen and oxygen atoms in total. The van der Waals surface area contributed by atoms with Crippen LogP contribution in [-0.2, 0) is 9.53 Å². The summed E-state index contributed by atoms with van der Waals surface area (Å²) in [4.78, 5) is 35.2. The first-order valence-corrected chi connectivity index (χ1v) is 7.54. The van der Waals surface area contributed by atoms with Gasteiger partial charge in [-0.15, -0.1) is 0 Å². The van der Waals surface area contributed by atoms with Crippen molar-refractivity contribution in [1.29, 1.82) is 0 Å². The first kappa shape index (κ1) is 17.4. The van der Waals surface area contributed by atoms with Gasteiger partial charge in [-0.05, 0) is 25.5 Å². The second-order valence-electron chi connectivity index (χ2n) is 5.18. The lowest BCUT2D eigenvalue weighted by molar-refractivity contribution is -0.140. The van der Waals surface area contributed by atoms with E-state index >= 15 is 0 Å². The first-order chi connectivity index (χ1) is 11.5. The molecule has 0 fully saturated rings. The first-order valence-electron chi connectivity index (χ1n) is 7.54. The molecule has 0 atom stereocenters. The molecule has 1 aromatic carbocycles. The van der Waals surface area contributed by atoms with Crippen molar-refractivity contribution < 1.29 is 14.3 Å². The number of carbonyl (C=O) groups excluding carboxylic acids is 2. The Labute approximate surface area is 139 Å².